The maximum Gasteiger partial charge on any atom is 0.433 e. The van der Waals surface area contributed by atoms with E-state index in [0.29, 0.717) is 10.8 Å². The molecule has 0 saturated carbocycles. The van der Waals surface area contributed by atoms with Gasteiger partial charge in [0.15, 0.2) is 0 Å². The summed E-state index contributed by atoms with van der Waals surface area (Å²) < 4.78 is 40.7. The molecule has 2 aromatic rings. The van der Waals surface area contributed by atoms with E-state index in [9.17, 15) is 13.2 Å². The van der Waals surface area contributed by atoms with Crippen LogP contribution in [0.2, 0.25) is 5.02 Å². The Morgan fingerprint density at radius 1 is 1.08 bits per heavy atom. The number of hydrogen-bond acceptors (Lipinski definition) is 3. The van der Waals surface area contributed by atoms with Gasteiger partial charge in [0, 0.05) is 18.3 Å². The average Bonchev–Trinajstić information content (AvgIpc) is 3.08. The number of anilines is 1. The molecule has 0 radical (unpaired) electrons. The van der Waals surface area contributed by atoms with E-state index >= 15 is 0 Å². The van der Waals surface area contributed by atoms with Crippen molar-refractivity contribution in [1.82, 2.24) is 14.8 Å². The highest BCUT2D eigenvalue weighted by Crippen LogP contribution is 2.43. The van der Waals surface area contributed by atoms with Crippen LogP contribution in [0.5, 0.6) is 0 Å². The van der Waals surface area contributed by atoms with Gasteiger partial charge in [-0.3, -0.25) is 4.68 Å². The van der Waals surface area contributed by atoms with Gasteiger partial charge < -0.3 is 4.90 Å². The highest BCUT2D eigenvalue weighted by molar-refractivity contribution is 6.30. The number of alkyl halides is 3. The van der Waals surface area contributed by atoms with E-state index in [2.05, 4.69) is 15.0 Å². The summed E-state index contributed by atoms with van der Waals surface area (Å²) in [7, 11) is 0. The van der Waals surface area contributed by atoms with Crippen molar-refractivity contribution in [3.8, 4) is 0 Å². The van der Waals surface area contributed by atoms with Crippen molar-refractivity contribution in [2.75, 3.05) is 4.90 Å². The first-order valence-corrected chi connectivity index (χ1v) is 8.32. The van der Waals surface area contributed by atoms with Crippen LogP contribution in [-0.4, -0.2) is 26.8 Å². The van der Waals surface area contributed by atoms with E-state index in [4.69, 9.17) is 11.6 Å². The molecule has 2 saturated heterocycles. The number of nitrogens with zero attached hydrogens (tertiary/aromatic N) is 4. The standard InChI is InChI=1S/C16H16ClF3N4/c17-10-8-21-23(9-10)13-6-11-4-5-12(7-13)24(11)15-3-1-2-14(22-15)16(18,19)20/h1-3,8-9,11-13H,4-7H2. The molecule has 2 aromatic heterocycles. The molecule has 2 aliphatic heterocycles. The molecule has 0 aromatic carbocycles. The van der Waals surface area contributed by atoms with Gasteiger partial charge in [0.05, 0.1) is 17.3 Å². The average molecular weight is 357 g/mol. The zero-order valence-corrected chi connectivity index (χ0v) is 13.5. The third-order valence-corrected chi connectivity index (χ3v) is 5.14. The Hall–Kier alpha value is -1.76. The molecule has 0 amide bonds. The molecule has 2 fully saturated rings. The third-order valence-electron chi connectivity index (χ3n) is 4.94. The highest BCUT2D eigenvalue weighted by Gasteiger charge is 2.43. The third kappa shape index (κ3) is 2.75. The van der Waals surface area contributed by atoms with Crippen molar-refractivity contribution in [1.29, 1.82) is 0 Å². The zero-order valence-electron chi connectivity index (χ0n) is 12.7. The maximum absolute atomic E-state index is 12.9. The second kappa shape index (κ2) is 5.65. The quantitative estimate of drug-likeness (QED) is 0.803. The Morgan fingerprint density at radius 3 is 2.38 bits per heavy atom. The van der Waals surface area contributed by atoms with Gasteiger partial charge in [-0.2, -0.15) is 18.3 Å². The molecule has 2 unspecified atom stereocenters. The molecular weight excluding hydrogens is 341 g/mol. The maximum atomic E-state index is 12.9. The first kappa shape index (κ1) is 15.7. The van der Waals surface area contributed by atoms with Gasteiger partial charge >= 0.3 is 6.18 Å². The van der Waals surface area contributed by atoms with Crippen LogP contribution in [0.4, 0.5) is 19.0 Å². The topological polar surface area (TPSA) is 34.0 Å². The first-order valence-electron chi connectivity index (χ1n) is 7.94. The molecule has 0 N–H and O–H groups in total. The summed E-state index contributed by atoms with van der Waals surface area (Å²) >= 11 is 5.94. The Bertz CT molecular complexity index is 731. The van der Waals surface area contributed by atoms with Gasteiger partial charge in [0.25, 0.3) is 0 Å². The molecule has 4 rings (SSSR count). The summed E-state index contributed by atoms with van der Waals surface area (Å²) in [6, 6.07) is 4.73. The zero-order chi connectivity index (χ0) is 16.9. The van der Waals surface area contributed by atoms with Gasteiger partial charge in [-0.25, -0.2) is 4.98 Å². The molecule has 0 aliphatic carbocycles. The van der Waals surface area contributed by atoms with Gasteiger partial charge in [-0.1, -0.05) is 17.7 Å². The van der Waals surface area contributed by atoms with Crippen LogP contribution in [0.1, 0.15) is 37.4 Å². The minimum absolute atomic E-state index is 0.188. The Labute approximate surface area is 142 Å². The van der Waals surface area contributed by atoms with Crippen LogP contribution < -0.4 is 4.90 Å². The van der Waals surface area contributed by atoms with E-state index in [1.54, 1.807) is 12.3 Å². The van der Waals surface area contributed by atoms with Crippen molar-refractivity contribution in [3.05, 3.63) is 41.3 Å². The smallest absolute Gasteiger partial charge is 0.350 e. The van der Waals surface area contributed by atoms with Crippen molar-refractivity contribution in [2.45, 2.75) is 50.0 Å². The molecule has 0 spiro atoms. The number of piperidine rings is 1. The number of rotatable bonds is 2. The number of hydrogen-bond donors (Lipinski definition) is 0. The molecule has 8 heteroatoms. The SMILES string of the molecule is FC(F)(F)c1cccc(N2C3CCC2CC(n2cc(Cl)cn2)C3)n1. The lowest BCUT2D eigenvalue weighted by Gasteiger charge is -2.40. The number of fused-ring (bicyclic) bond motifs is 2. The van der Waals surface area contributed by atoms with Crippen LogP contribution >= 0.6 is 11.6 Å². The molecule has 4 nitrogen and oxygen atoms in total. The van der Waals surface area contributed by atoms with Crippen molar-refractivity contribution in [2.24, 2.45) is 0 Å². The van der Waals surface area contributed by atoms with Crippen LogP contribution in [0, 0.1) is 0 Å². The van der Waals surface area contributed by atoms with Crippen molar-refractivity contribution < 1.29 is 13.2 Å². The Morgan fingerprint density at radius 2 is 1.79 bits per heavy atom. The summed E-state index contributed by atoms with van der Waals surface area (Å²) in [5.41, 5.74) is -0.833. The minimum Gasteiger partial charge on any atom is -0.350 e. The van der Waals surface area contributed by atoms with Crippen LogP contribution in [0.25, 0.3) is 0 Å². The van der Waals surface area contributed by atoms with Gasteiger partial charge in [0.1, 0.15) is 11.5 Å². The number of halogens is 4. The molecule has 2 bridgehead atoms. The molecule has 4 heterocycles. The van der Waals surface area contributed by atoms with Crippen LogP contribution in [0.3, 0.4) is 0 Å². The lowest BCUT2D eigenvalue weighted by molar-refractivity contribution is -0.141. The second-order valence-electron chi connectivity index (χ2n) is 6.43. The number of pyridine rings is 1. The fourth-order valence-corrected chi connectivity index (χ4v) is 4.12. The molecule has 24 heavy (non-hydrogen) atoms. The normalized spacial score (nSPS) is 26.8. The molecule has 2 atom stereocenters. The fourth-order valence-electron chi connectivity index (χ4n) is 3.98. The van der Waals surface area contributed by atoms with Gasteiger partial charge in [0.2, 0.25) is 0 Å². The first-order chi connectivity index (χ1) is 11.4. The predicted octanol–water partition coefficient (Wildman–Crippen LogP) is 4.32. The van der Waals surface area contributed by atoms with E-state index in [1.165, 1.54) is 6.07 Å². The van der Waals surface area contributed by atoms with Gasteiger partial charge in [-0.15, -0.1) is 0 Å². The van der Waals surface area contributed by atoms with E-state index < -0.39 is 11.9 Å². The largest absolute Gasteiger partial charge is 0.433 e. The van der Waals surface area contributed by atoms with Crippen LogP contribution in [0.15, 0.2) is 30.6 Å². The van der Waals surface area contributed by atoms with Crippen molar-refractivity contribution in [3.63, 3.8) is 0 Å². The van der Waals surface area contributed by atoms with E-state index in [0.717, 1.165) is 31.7 Å². The molecule has 2 aliphatic rings. The highest BCUT2D eigenvalue weighted by atomic mass is 35.5. The molecule has 128 valence electrons. The summed E-state index contributed by atoms with van der Waals surface area (Å²) in [6.07, 6.45) is 2.62. The second-order valence-corrected chi connectivity index (χ2v) is 6.87. The van der Waals surface area contributed by atoms with E-state index in [-0.39, 0.29) is 18.1 Å². The fraction of sp³-hybridized carbons (Fsp3) is 0.500. The summed E-state index contributed by atoms with van der Waals surface area (Å²) in [4.78, 5) is 5.93. The predicted molar refractivity (Wildman–Crippen MR) is 84.0 cm³/mol. The van der Waals surface area contributed by atoms with Gasteiger partial charge in [-0.05, 0) is 37.8 Å². The van der Waals surface area contributed by atoms with Crippen molar-refractivity contribution >= 4 is 17.4 Å². The summed E-state index contributed by atoms with van der Waals surface area (Å²) in [5.74, 6) is 0.425. The summed E-state index contributed by atoms with van der Waals surface area (Å²) in [5, 5.41) is 4.88. The van der Waals surface area contributed by atoms with E-state index in [1.807, 2.05) is 10.9 Å². The molecular formula is C16H16ClF3N4. The summed E-state index contributed by atoms with van der Waals surface area (Å²) in [6.45, 7) is 0. The van der Waals surface area contributed by atoms with Crippen LogP contribution in [-0.2, 0) is 6.18 Å². The minimum atomic E-state index is -4.42. The monoisotopic (exact) mass is 356 g/mol. The number of aromatic nitrogens is 3. The lowest BCUT2D eigenvalue weighted by Crippen LogP contribution is -2.44. The Balaban J connectivity index is 1.59. The lowest BCUT2D eigenvalue weighted by atomic mass is 9.97. The Kier molecular flexibility index (Phi) is 3.71.